The van der Waals surface area contributed by atoms with Crippen molar-refractivity contribution >= 4 is 5.97 Å². The van der Waals surface area contributed by atoms with Crippen LogP contribution in [0, 0.1) is 17.8 Å². The van der Waals surface area contributed by atoms with Gasteiger partial charge < -0.3 is 9.15 Å². The molecule has 0 aromatic carbocycles. The SMILES string of the molecule is O=C(OCc1ccco1)[C@@H]1C[C@@H]2C=C[C@H]1C2. The molecular formula is C13H14O3. The molecule has 16 heavy (non-hydrogen) atoms. The fourth-order valence-corrected chi connectivity index (χ4v) is 2.70. The van der Waals surface area contributed by atoms with Crippen molar-refractivity contribution in [1.82, 2.24) is 0 Å². The Bertz CT molecular complexity index is 405. The molecule has 1 fully saturated rings. The van der Waals surface area contributed by atoms with Crippen molar-refractivity contribution in [2.24, 2.45) is 17.8 Å². The van der Waals surface area contributed by atoms with Crippen LogP contribution in [-0.4, -0.2) is 5.97 Å². The Kier molecular flexibility index (Phi) is 2.31. The molecule has 0 radical (unpaired) electrons. The van der Waals surface area contributed by atoms with Gasteiger partial charge >= 0.3 is 5.97 Å². The third-order valence-electron chi connectivity index (χ3n) is 3.52. The summed E-state index contributed by atoms with van der Waals surface area (Å²) in [5, 5.41) is 0. The maximum Gasteiger partial charge on any atom is 0.309 e. The first-order valence-corrected chi connectivity index (χ1v) is 5.70. The second kappa shape index (κ2) is 3.81. The number of furan rings is 1. The van der Waals surface area contributed by atoms with Crippen molar-refractivity contribution < 1.29 is 13.9 Å². The van der Waals surface area contributed by atoms with E-state index in [1.165, 1.54) is 0 Å². The number of hydrogen-bond donors (Lipinski definition) is 0. The Morgan fingerprint density at radius 3 is 3.00 bits per heavy atom. The summed E-state index contributed by atoms with van der Waals surface area (Å²) >= 11 is 0. The molecule has 3 nitrogen and oxygen atoms in total. The second-order valence-electron chi connectivity index (χ2n) is 4.57. The number of esters is 1. The van der Waals surface area contributed by atoms with Crippen LogP contribution < -0.4 is 0 Å². The minimum Gasteiger partial charge on any atom is -0.466 e. The van der Waals surface area contributed by atoms with Crippen LogP contribution in [0.1, 0.15) is 18.6 Å². The molecule has 2 aliphatic carbocycles. The summed E-state index contributed by atoms with van der Waals surface area (Å²) < 4.78 is 10.4. The van der Waals surface area contributed by atoms with E-state index < -0.39 is 0 Å². The van der Waals surface area contributed by atoms with Crippen LogP contribution in [0.25, 0.3) is 0 Å². The Morgan fingerprint density at radius 1 is 1.44 bits per heavy atom. The average Bonchev–Trinajstić information content (AvgIpc) is 3.01. The van der Waals surface area contributed by atoms with Crippen LogP contribution in [0.2, 0.25) is 0 Å². The summed E-state index contributed by atoms with van der Waals surface area (Å²) in [6.07, 6.45) is 8.05. The lowest BCUT2D eigenvalue weighted by Gasteiger charge is -2.15. The second-order valence-corrected chi connectivity index (χ2v) is 4.57. The predicted molar refractivity (Wildman–Crippen MR) is 57.3 cm³/mol. The van der Waals surface area contributed by atoms with Gasteiger partial charge in [-0.3, -0.25) is 4.79 Å². The highest BCUT2D eigenvalue weighted by atomic mass is 16.5. The van der Waals surface area contributed by atoms with Gasteiger partial charge in [-0.25, -0.2) is 0 Å². The maximum absolute atomic E-state index is 11.8. The van der Waals surface area contributed by atoms with Crippen LogP contribution in [0.4, 0.5) is 0 Å². The Balaban J connectivity index is 1.56. The van der Waals surface area contributed by atoms with E-state index in [1.54, 1.807) is 12.3 Å². The molecule has 0 saturated heterocycles. The van der Waals surface area contributed by atoms with Crippen molar-refractivity contribution in [3.63, 3.8) is 0 Å². The Hall–Kier alpha value is -1.51. The zero-order valence-corrected chi connectivity index (χ0v) is 8.96. The highest BCUT2D eigenvalue weighted by Gasteiger charge is 2.40. The van der Waals surface area contributed by atoms with Crippen LogP contribution >= 0.6 is 0 Å². The number of rotatable bonds is 3. The first-order valence-electron chi connectivity index (χ1n) is 5.70. The van der Waals surface area contributed by atoms with Gasteiger partial charge in [-0.1, -0.05) is 12.2 Å². The molecule has 1 aromatic heterocycles. The molecule has 3 atom stereocenters. The monoisotopic (exact) mass is 218 g/mol. The Morgan fingerprint density at radius 2 is 2.38 bits per heavy atom. The van der Waals surface area contributed by atoms with Gasteiger partial charge in [-0.2, -0.15) is 0 Å². The summed E-state index contributed by atoms with van der Waals surface area (Å²) in [6.45, 7) is 0.253. The van der Waals surface area contributed by atoms with E-state index in [0.29, 0.717) is 17.6 Å². The molecule has 0 N–H and O–H groups in total. The topological polar surface area (TPSA) is 39.4 Å². The molecule has 0 aliphatic heterocycles. The summed E-state index contributed by atoms with van der Waals surface area (Å²) in [5.74, 6) is 1.71. The van der Waals surface area contributed by atoms with Gasteiger partial charge in [0.1, 0.15) is 12.4 Å². The zero-order valence-electron chi connectivity index (χ0n) is 8.96. The molecule has 1 aromatic rings. The van der Waals surface area contributed by atoms with Gasteiger partial charge in [0, 0.05) is 0 Å². The molecule has 0 spiro atoms. The minimum absolute atomic E-state index is 0.0740. The van der Waals surface area contributed by atoms with Crippen molar-refractivity contribution in [3.05, 3.63) is 36.3 Å². The first kappa shape index (κ1) is 9.70. The maximum atomic E-state index is 11.8. The Labute approximate surface area is 94.1 Å². The van der Waals surface area contributed by atoms with Crippen molar-refractivity contribution in [2.45, 2.75) is 19.4 Å². The normalized spacial score (nSPS) is 30.9. The lowest BCUT2D eigenvalue weighted by atomic mass is 9.94. The van der Waals surface area contributed by atoms with Gasteiger partial charge in [0.15, 0.2) is 0 Å². The molecular weight excluding hydrogens is 204 g/mol. The van der Waals surface area contributed by atoms with E-state index in [4.69, 9.17) is 9.15 Å². The lowest BCUT2D eigenvalue weighted by molar-refractivity contribution is -0.151. The number of fused-ring (bicyclic) bond motifs is 2. The summed E-state index contributed by atoms with van der Waals surface area (Å²) in [5.41, 5.74) is 0. The largest absolute Gasteiger partial charge is 0.466 e. The number of hydrogen-bond acceptors (Lipinski definition) is 3. The fraction of sp³-hybridized carbons (Fsp3) is 0.462. The van der Waals surface area contributed by atoms with Gasteiger partial charge in [0.2, 0.25) is 0 Å². The van der Waals surface area contributed by atoms with Crippen LogP contribution in [-0.2, 0) is 16.1 Å². The summed E-state index contributed by atoms with van der Waals surface area (Å²) in [4.78, 5) is 11.8. The smallest absolute Gasteiger partial charge is 0.309 e. The zero-order chi connectivity index (χ0) is 11.0. The van der Waals surface area contributed by atoms with E-state index in [1.807, 2.05) is 6.07 Å². The lowest BCUT2D eigenvalue weighted by Crippen LogP contribution is -2.21. The van der Waals surface area contributed by atoms with Crippen molar-refractivity contribution in [2.75, 3.05) is 0 Å². The molecule has 2 aliphatic rings. The number of carbonyl (C=O) groups excluding carboxylic acids is 1. The number of allylic oxidation sites excluding steroid dienone is 2. The van der Waals surface area contributed by atoms with Gasteiger partial charge in [-0.05, 0) is 36.8 Å². The predicted octanol–water partition coefficient (Wildman–Crippen LogP) is 2.54. The van der Waals surface area contributed by atoms with E-state index >= 15 is 0 Å². The van der Waals surface area contributed by atoms with E-state index in [0.717, 1.165) is 12.8 Å². The number of ether oxygens (including phenoxy) is 1. The van der Waals surface area contributed by atoms with Gasteiger partial charge in [0.25, 0.3) is 0 Å². The molecule has 0 unspecified atom stereocenters. The summed E-state index contributed by atoms with van der Waals surface area (Å²) in [7, 11) is 0. The van der Waals surface area contributed by atoms with Crippen LogP contribution in [0.3, 0.4) is 0 Å². The first-order chi connectivity index (χ1) is 7.83. The van der Waals surface area contributed by atoms with Crippen molar-refractivity contribution in [1.29, 1.82) is 0 Å². The van der Waals surface area contributed by atoms with E-state index in [9.17, 15) is 4.79 Å². The van der Waals surface area contributed by atoms with Crippen LogP contribution in [0.15, 0.2) is 35.0 Å². The summed E-state index contributed by atoms with van der Waals surface area (Å²) in [6, 6.07) is 3.61. The minimum atomic E-state index is -0.0757. The van der Waals surface area contributed by atoms with Crippen LogP contribution in [0.5, 0.6) is 0 Å². The molecule has 3 rings (SSSR count). The van der Waals surface area contributed by atoms with E-state index in [-0.39, 0.29) is 18.5 Å². The highest BCUT2D eigenvalue weighted by Crippen LogP contribution is 2.43. The van der Waals surface area contributed by atoms with E-state index in [2.05, 4.69) is 12.2 Å². The van der Waals surface area contributed by atoms with Gasteiger partial charge in [0.05, 0.1) is 12.2 Å². The molecule has 3 heteroatoms. The molecule has 84 valence electrons. The third kappa shape index (κ3) is 1.66. The van der Waals surface area contributed by atoms with Crippen molar-refractivity contribution in [3.8, 4) is 0 Å². The quantitative estimate of drug-likeness (QED) is 0.578. The standard InChI is InChI=1S/C13H14O3/c14-13(16-8-11-2-1-5-15-11)12-7-9-3-4-10(12)6-9/h1-5,9-10,12H,6-8H2/t9-,10+,12-/m1/s1. The molecule has 1 saturated carbocycles. The fourth-order valence-electron chi connectivity index (χ4n) is 2.70. The third-order valence-corrected chi connectivity index (χ3v) is 3.52. The number of carbonyl (C=O) groups is 1. The average molecular weight is 218 g/mol. The molecule has 0 amide bonds. The molecule has 1 heterocycles. The highest BCUT2D eigenvalue weighted by molar-refractivity contribution is 5.74. The van der Waals surface area contributed by atoms with Gasteiger partial charge in [-0.15, -0.1) is 0 Å². The molecule has 2 bridgehead atoms.